The summed E-state index contributed by atoms with van der Waals surface area (Å²) < 4.78 is 0. The summed E-state index contributed by atoms with van der Waals surface area (Å²) in [5, 5.41) is 1.43. The average molecular weight is 389 g/mol. The van der Waals surface area contributed by atoms with Crippen LogP contribution in [0.25, 0.3) is 10.9 Å². The maximum atomic E-state index is 4.50. The molecule has 1 saturated carbocycles. The molecule has 29 heavy (non-hydrogen) atoms. The maximum absolute atomic E-state index is 4.50. The molecular formula is C25H32N4. The standard InChI is InChI=1S/C25H32N4/c1-2-6-24-22(5-1)23(19-27-24)21-10-8-20(9-11-21)12-14-28-15-17-29(18-16-28)25-7-3-4-13-26-25/h1-7,13,19-21,27H,8-12,14-18H2. The molecule has 2 aliphatic rings. The highest BCUT2D eigenvalue weighted by molar-refractivity contribution is 5.83. The Morgan fingerprint density at radius 1 is 0.897 bits per heavy atom. The van der Waals surface area contributed by atoms with Gasteiger partial charge in [-0.3, -0.25) is 4.90 Å². The van der Waals surface area contributed by atoms with Gasteiger partial charge in [-0.15, -0.1) is 0 Å². The van der Waals surface area contributed by atoms with E-state index in [1.165, 1.54) is 62.6 Å². The fraction of sp³-hybridized carbons (Fsp3) is 0.480. The maximum Gasteiger partial charge on any atom is 0.128 e. The van der Waals surface area contributed by atoms with Gasteiger partial charge in [0.05, 0.1) is 0 Å². The number of pyridine rings is 1. The number of para-hydroxylation sites is 1. The van der Waals surface area contributed by atoms with Gasteiger partial charge in [-0.05, 0) is 74.2 Å². The third-order valence-corrected chi connectivity index (χ3v) is 7.11. The lowest BCUT2D eigenvalue weighted by atomic mass is 9.77. The van der Waals surface area contributed by atoms with Gasteiger partial charge in [-0.2, -0.15) is 0 Å². The van der Waals surface area contributed by atoms with E-state index in [1.54, 1.807) is 5.56 Å². The molecule has 3 aromatic rings. The van der Waals surface area contributed by atoms with Gasteiger partial charge in [0.2, 0.25) is 0 Å². The summed E-state index contributed by atoms with van der Waals surface area (Å²) in [6.07, 6.45) is 11.0. The number of H-pyrrole nitrogens is 1. The topological polar surface area (TPSA) is 35.2 Å². The van der Waals surface area contributed by atoms with Gasteiger partial charge in [0.15, 0.2) is 0 Å². The van der Waals surface area contributed by atoms with E-state index in [1.807, 2.05) is 12.3 Å². The van der Waals surface area contributed by atoms with Crippen molar-refractivity contribution >= 4 is 16.7 Å². The van der Waals surface area contributed by atoms with Crippen LogP contribution in [0.3, 0.4) is 0 Å². The molecule has 5 rings (SSSR count). The Hall–Kier alpha value is -2.33. The van der Waals surface area contributed by atoms with E-state index in [4.69, 9.17) is 0 Å². The van der Waals surface area contributed by atoms with Crippen LogP contribution < -0.4 is 4.90 Å². The second-order valence-corrected chi connectivity index (χ2v) is 8.81. The fourth-order valence-electron chi connectivity index (χ4n) is 5.30. The first-order valence-electron chi connectivity index (χ1n) is 11.3. The molecule has 0 radical (unpaired) electrons. The Kier molecular flexibility index (Phi) is 5.53. The van der Waals surface area contributed by atoms with Crippen LogP contribution >= 0.6 is 0 Å². The predicted molar refractivity (Wildman–Crippen MR) is 121 cm³/mol. The first-order chi connectivity index (χ1) is 14.4. The molecule has 152 valence electrons. The van der Waals surface area contributed by atoms with Crippen molar-refractivity contribution in [3.63, 3.8) is 0 Å². The zero-order valence-electron chi connectivity index (χ0n) is 17.3. The average Bonchev–Trinajstić information content (AvgIpc) is 3.23. The van der Waals surface area contributed by atoms with Gasteiger partial charge < -0.3 is 9.88 Å². The number of hydrogen-bond donors (Lipinski definition) is 1. The molecule has 1 N–H and O–H groups in total. The number of anilines is 1. The molecule has 1 aromatic carbocycles. The molecule has 0 spiro atoms. The monoisotopic (exact) mass is 388 g/mol. The van der Waals surface area contributed by atoms with Gasteiger partial charge in [0.25, 0.3) is 0 Å². The Morgan fingerprint density at radius 3 is 2.48 bits per heavy atom. The molecule has 0 amide bonds. The molecule has 4 heteroatoms. The Morgan fingerprint density at radius 2 is 1.69 bits per heavy atom. The normalized spacial score (nSPS) is 23.5. The number of fused-ring (bicyclic) bond motifs is 1. The van der Waals surface area contributed by atoms with Crippen LogP contribution in [0.15, 0.2) is 54.9 Å². The highest BCUT2D eigenvalue weighted by atomic mass is 15.3. The second kappa shape index (κ2) is 8.58. The molecule has 1 aliphatic carbocycles. The lowest BCUT2D eigenvalue weighted by molar-refractivity contribution is 0.216. The molecule has 4 nitrogen and oxygen atoms in total. The summed E-state index contributed by atoms with van der Waals surface area (Å²) >= 11 is 0. The number of nitrogens with zero attached hydrogens (tertiary/aromatic N) is 3. The molecule has 2 aromatic heterocycles. The van der Waals surface area contributed by atoms with E-state index in [0.29, 0.717) is 0 Å². The van der Waals surface area contributed by atoms with Gasteiger partial charge in [-0.25, -0.2) is 4.98 Å². The van der Waals surface area contributed by atoms with E-state index in [-0.39, 0.29) is 0 Å². The van der Waals surface area contributed by atoms with E-state index in [2.05, 4.69) is 62.4 Å². The van der Waals surface area contributed by atoms with Crippen molar-refractivity contribution in [1.82, 2.24) is 14.9 Å². The summed E-state index contributed by atoms with van der Waals surface area (Å²) in [5.41, 5.74) is 2.83. The van der Waals surface area contributed by atoms with Crippen LogP contribution in [0, 0.1) is 5.92 Å². The zero-order chi connectivity index (χ0) is 19.5. The van der Waals surface area contributed by atoms with Crippen molar-refractivity contribution in [3.8, 4) is 0 Å². The Bertz CT molecular complexity index is 903. The number of benzene rings is 1. The smallest absolute Gasteiger partial charge is 0.128 e. The summed E-state index contributed by atoms with van der Waals surface area (Å²) in [4.78, 5) is 13.0. The van der Waals surface area contributed by atoms with E-state index < -0.39 is 0 Å². The van der Waals surface area contributed by atoms with Crippen molar-refractivity contribution < 1.29 is 0 Å². The number of hydrogen-bond acceptors (Lipinski definition) is 3. The summed E-state index contributed by atoms with van der Waals surface area (Å²) in [7, 11) is 0. The first-order valence-corrected chi connectivity index (χ1v) is 11.3. The minimum Gasteiger partial charge on any atom is -0.361 e. The van der Waals surface area contributed by atoms with Crippen molar-refractivity contribution in [2.75, 3.05) is 37.6 Å². The number of aromatic nitrogens is 2. The number of piperazine rings is 1. The molecule has 0 unspecified atom stereocenters. The summed E-state index contributed by atoms with van der Waals surface area (Å²) in [6.45, 7) is 5.80. The zero-order valence-corrected chi connectivity index (χ0v) is 17.3. The van der Waals surface area contributed by atoms with E-state index in [0.717, 1.165) is 30.7 Å². The van der Waals surface area contributed by atoms with Crippen molar-refractivity contribution in [2.24, 2.45) is 5.92 Å². The van der Waals surface area contributed by atoms with Crippen LogP contribution in [0.2, 0.25) is 0 Å². The molecule has 2 fully saturated rings. The minimum atomic E-state index is 0.740. The molecule has 1 saturated heterocycles. The largest absolute Gasteiger partial charge is 0.361 e. The van der Waals surface area contributed by atoms with Crippen molar-refractivity contribution in [3.05, 3.63) is 60.4 Å². The summed E-state index contributed by atoms with van der Waals surface area (Å²) in [5.74, 6) is 2.78. The van der Waals surface area contributed by atoms with Crippen LogP contribution in [0.5, 0.6) is 0 Å². The number of aromatic amines is 1. The van der Waals surface area contributed by atoms with Gasteiger partial charge in [0.1, 0.15) is 5.82 Å². The molecule has 3 heterocycles. The predicted octanol–water partition coefficient (Wildman–Crippen LogP) is 5.05. The van der Waals surface area contributed by atoms with Crippen molar-refractivity contribution in [1.29, 1.82) is 0 Å². The highest BCUT2D eigenvalue weighted by Gasteiger charge is 2.25. The molecule has 0 bridgehead atoms. The molecule has 1 aliphatic heterocycles. The third-order valence-electron chi connectivity index (χ3n) is 7.11. The number of rotatable bonds is 5. The van der Waals surface area contributed by atoms with Gasteiger partial charge in [0, 0.05) is 49.5 Å². The fourth-order valence-corrected chi connectivity index (χ4v) is 5.30. The van der Waals surface area contributed by atoms with Crippen LogP contribution in [-0.4, -0.2) is 47.6 Å². The van der Waals surface area contributed by atoms with Crippen LogP contribution in [0.4, 0.5) is 5.82 Å². The van der Waals surface area contributed by atoms with Gasteiger partial charge in [-0.1, -0.05) is 24.3 Å². The number of nitrogens with one attached hydrogen (secondary N) is 1. The van der Waals surface area contributed by atoms with Crippen LogP contribution in [-0.2, 0) is 0 Å². The first kappa shape index (κ1) is 18.7. The molecular weight excluding hydrogens is 356 g/mol. The Balaban J connectivity index is 1.07. The van der Waals surface area contributed by atoms with E-state index in [9.17, 15) is 0 Å². The van der Waals surface area contributed by atoms with Crippen molar-refractivity contribution in [2.45, 2.75) is 38.0 Å². The second-order valence-electron chi connectivity index (χ2n) is 8.81. The quantitative estimate of drug-likeness (QED) is 0.664. The SMILES string of the molecule is c1ccc(N2CCN(CCC3CCC(c4c[nH]c5ccccc45)CC3)CC2)nc1. The summed E-state index contributed by atoms with van der Waals surface area (Å²) in [6, 6.07) is 15.0. The van der Waals surface area contributed by atoms with Crippen LogP contribution in [0.1, 0.15) is 43.6 Å². The van der Waals surface area contributed by atoms with E-state index >= 15 is 0 Å². The lowest BCUT2D eigenvalue weighted by Gasteiger charge is -2.36. The molecule has 0 atom stereocenters. The minimum absolute atomic E-state index is 0.740. The van der Waals surface area contributed by atoms with Gasteiger partial charge >= 0.3 is 0 Å². The Labute approximate surface area is 173 Å². The lowest BCUT2D eigenvalue weighted by Crippen LogP contribution is -2.47. The third kappa shape index (κ3) is 4.18. The highest BCUT2D eigenvalue weighted by Crippen LogP contribution is 2.39.